The van der Waals surface area contributed by atoms with Gasteiger partial charge < -0.3 is 24.4 Å². The second-order valence-corrected chi connectivity index (χ2v) is 10.8. The Balaban J connectivity index is 1.64. The highest BCUT2D eigenvalue weighted by Crippen LogP contribution is 2.27. The Morgan fingerprint density at radius 1 is 1.04 bits per heavy atom. The Morgan fingerprint density at radius 3 is 2.48 bits per heavy atom. The zero-order chi connectivity index (χ0) is 33.0. The number of carbonyl (C=O) groups is 1. The molecule has 0 bridgehead atoms. The molecule has 2 heterocycles. The van der Waals surface area contributed by atoms with E-state index >= 15 is 0 Å². The molecule has 0 spiro atoms. The summed E-state index contributed by atoms with van der Waals surface area (Å²) in [6, 6.07) is 19.1. The number of hydrogen-bond acceptors (Lipinski definition) is 8. The van der Waals surface area contributed by atoms with Crippen LogP contribution in [0.2, 0.25) is 0 Å². The number of rotatable bonds is 11. The van der Waals surface area contributed by atoms with Crippen LogP contribution in [0, 0.1) is 12.7 Å². The number of halogens is 1. The van der Waals surface area contributed by atoms with Crippen molar-refractivity contribution >= 4 is 29.5 Å². The van der Waals surface area contributed by atoms with Crippen molar-refractivity contribution in [1.82, 2.24) is 19.4 Å². The fraction of sp³-hybridized carbons (Fsp3) is 0.235. The van der Waals surface area contributed by atoms with Crippen LogP contribution in [0.1, 0.15) is 42.4 Å². The first-order valence-electron chi connectivity index (χ1n) is 14.8. The Labute approximate surface area is 265 Å². The van der Waals surface area contributed by atoms with Crippen molar-refractivity contribution in [1.29, 1.82) is 0 Å². The molecule has 1 unspecified atom stereocenters. The number of carbonyl (C=O) groups excluding carboxylic acids is 1. The molecule has 0 radical (unpaired) electrons. The highest BCUT2D eigenvalue weighted by atomic mass is 19.1. The summed E-state index contributed by atoms with van der Waals surface area (Å²) in [4.78, 5) is 38.8. The lowest BCUT2D eigenvalue weighted by Gasteiger charge is -2.31. The second-order valence-electron chi connectivity index (χ2n) is 10.8. The first kappa shape index (κ1) is 32.3. The zero-order valence-corrected chi connectivity index (χ0v) is 26.0. The summed E-state index contributed by atoms with van der Waals surface area (Å²) in [6.45, 7) is 5.71. The lowest BCUT2D eigenvalue weighted by molar-refractivity contribution is -0.133. The van der Waals surface area contributed by atoms with Crippen LogP contribution < -0.4 is 20.5 Å². The Kier molecular flexibility index (Phi) is 9.79. The van der Waals surface area contributed by atoms with Gasteiger partial charge in [-0.2, -0.15) is 0 Å². The molecule has 0 aliphatic heterocycles. The quantitative estimate of drug-likeness (QED) is 0.214. The predicted molar refractivity (Wildman–Crippen MR) is 173 cm³/mol. The van der Waals surface area contributed by atoms with Gasteiger partial charge in [-0.3, -0.25) is 14.2 Å². The van der Waals surface area contributed by atoms with Crippen LogP contribution in [0.25, 0.3) is 16.7 Å². The smallest absolute Gasteiger partial charge is 0.492 e. The molecule has 0 aliphatic rings. The summed E-state index contributed by atoms with van der Waals surface area (Å²) in [5, 5.41) is 20.3. The molecule has 1 amide bonds. The molecule has 5 aromatic rings. The summed E-state index contributed by atoms with van der Waals surface area (Å²) in [5.41, 5.74) is 2.69. The van der Waals surface area contributed by atoms with E-state index in [0.717, 1.165) is 5.56 Å². The van der Waals surface area contributed by atoms with Gasteiger partial charge in [-0.25, -0.2) is 14.4 Å². The highest BCUT2D eigenvalue weighted by Gasteiger charge is 2.29. The number of methoxy groups -OCH3 is 1. The summed E-state index contributed by atoms with van der Waals surface area (Å²) < 4.78 is 26.5. The van der Waals surface area contributed by atoms with Crippen LogP contribution in [0.15, 0.2) is 83.8 Å². The largest absolute Gasteiger partial charge is 0.497 e. The molecule has 236 valence electrons. The van der Waals surface area contributed by atoms with E-state index in [1.54, 1.807) is 55.3 Å². The Morgan fingerprint density at radius 2 is 1.78 bits per heavy atom. The van der Waals surface area contributed by atoms with E-state index in [4.69, 9.17) is 14.5 Å². The van der Waals surface area contributed by atoms with E-state index in [2.05, 4.69) is 4.98 Å². The van der Waals surface area contributed by atoms with Crippen LogP contribution in [-0.2, 0) is 17.8 Å². The third-order valence-corrected chi connectivity index (χ3v) is 7.70. The Hall–Kier alpha value is -5.07. The average molecular weight is 624 g/mol. The minimum Gasteiger partial charge on any atom is -0.497 e. The van der Waals surface area contributed by atoms with Gasteiger partial charge in [0.15, 0.2) is 17.2 Å². The number of nitrogens with zero attached hydrogens (tertiary/aromatic N) is 4. The standard InChI is InChI=1S/C34H34BFN4O6/c1-5-46-30-18-23(10-14-28(30)36)19-31(41)39(20-24-11-15-29(45-4)27(17-24)35(43)44)22(3)33-38-32-26(7-6-16-37-32)34(42)40(33)25-12-8-21(2)9-13-25/h6-18,22,43-44H,5,19-20H2,1-4H3. The van der Waals surface area contributed by atoms with Crippen LogP contribution in [-0.4, -0.2) is 56.2 Å². The van der Waals surface area contributed by atoms with Crippen molar-refractivity contribution in [2.24, 2.45) is 0 Å². The van der Waals surface area contributed by atoms with Crippen LogP contribution in [0.5, 0.6) is 11.5 Å². The van der Waals surface area contributed by atoms with E-state index in [0.29, 0.717) is 22.2 Å². The molecule has 0 aliphatic carbocycles. The van der Waals surface area contributed by atoms with Crippen molar-refractivity contribution in [3.8, 4) is 17.2 Å². The maximum atomic E-state index is 14.3. The van der Waals surface area contributed by atoms with Gasteiger partial charge in [0.05, 0.1) is 37.3 Å². The van der Waals surface area contributed by atoms with E-state index < -0.39 is 19.0 Å². The molecular weight excluding hydrogens is 590 g/mol. The molecule has 10 nitrogen and oxygen atoms in total. The minimum absolute atomic E-state index is 0.00719. The first-order chi connectivity index (χ1) is 22.1. The van der Waals surface area contributed by atoms with Gasteiger partial charge in [-0.1, -0.05) is 35.9 Å². The third kappa shape index (κ3) is 6.78. The number of amides is 1. The maximum Gasteiger partial charge on any atom is 0.492 e. The molecule has 0 fully saturated rings. The van der Waals surface area contributed by atoms with Gasteiger partial charge in [-0.05, 0) is 74.4 Å². The van der Waals surface area contributed by atoms with Crippen LogP contribution in [0.3, 0.4) is 0 Å². The van der Waals surface area contributed by atoms with E-state index in [1.807, 2.05) is 31.2 Å². The summed E-state index contributed by atoms with van der Waals surface area (Å²) >= 11 is 0. The molecule has 12 heteroatoms. The monoisotopic (exact) mass is 624 g/mol. The second kappa shape index (κ2) is 13.9. The van der Waals surface area contributed by atoms with Gasteiger partial charge in [-0.15, -0.1) is 0 Å². The molecule has 0 saturated carbocycles. The zero-order valence-electron chi connectivity index (χ0n) is 26.0. The number of hydrogen-bond donors (Lipinski definition) is 2. The minimum atomic E-state index is -1.81. The van der Waals surface area contributed by atoms with Crippen molar-refractivity contribution < 1.29 is 28.7 Å². The van der Waals surface area contributed by atoms with Gasteiger partial charge in [0.25, 0.3) is 5.56 Å². The van der Waals surface area contributed by atoms with Crippen molar-refractivity contribution in [3.05, 3.63) is 118 Å². The molecule has 1 atom stereocenters. The lowest BCUT2D eigenvalue weighted by Crippen LogP contribution is -2.38. The van der Waals surface area contributed by atoms with Gasteiger partial charge in [0.1, 0.15) is 11.6 Å². The molecule has 5 rings (SSSR count). The topological polar surface area (TPSA) is 127 Å². The lowest BCUT2D eigenvalue weighted by atomic mass is 9.78. The molecule has 0 saturated heterocycles. The third-order valence-electron chi connectivity index (χ3n) is 7.70. The molecule has 46 heavy (non-hydrogen) atoms. The maximum absolute atomic E-state index is 14.3. The fourth-order valence-corrected chi connectivity index (χ4v) is 5.32. The van der Waals surface area contributed by atoms with Crippen molar-refractivity contribution in [2.45, 2.75) is 39.8 Å². The summed E-state index contributed by atoms with van der Waals surface area (Å²) in [5.74, 6) is -0.297. The van der Waals surface area contributed by atoms with Crippen molar-refractivity contribution in [3.63, 3.8) is 0 Å². The SMILES string of the molecule is CCOc1cc(CC(=O)N(Cc2ccc(OC)c(B(O)O)c2)C(C)c2nc3ncccc3c(=O)n2-c2ccc(C)cc2)ccc1F. The summed E-state index contributed by atoms with van der Waals surface area (Å²) in [7, 11) is -0.394. The predicted octanol–water partition coefficient (Wildman–Crippen LogP) is 3.65. The molecule has 2 N–H and O–H groups in total. The number of pyridine rings is 1. The number of ether oxygens (including phenoxy) is 2. The first-order valence-corrected chi connectivity index (χ1v) is 14.8. The number of benzene rings is 3. The molecule has 2 aromatic heterocycles. The Bertz CT molecular complexity index is 1930. The molecule has 3 aromatic carbocycles. The van der Waals surface area contributed by atoms with E-state index in [9.17, 15) is 24.0 Å². The van der Waals surface area contributed by atoms with E-state index in [-0.39, 0.29) is 59.5 Å². The fourth-order valence-electron chi connectivity index (χ4n) is 5.32. The number of fused-ring (bicyclic) bond motifs is 1. The number of aromatic nitrogens is 3. The van der Waals surface area contributed by atoms with Gasteiger partial charge in [0, 0.05) is 18.2 Å². The summed E-state index contributed by atoms with van der Waals surface area (Å²) in [6.07, 6.45) is 1.43. The van der Waals surface area contributed by atoms with E-state index in [1.165, 1.54) is 29.9 Å². The van der Waals surface area contributed by atoms with Crippen LogP contribution >= 0.6 is 0 Å². The van der Waals surface area contributed by atoms with Gasteiger partial charge >= 0.3 is 7.12 Å². The van der Waals surface area contributed by atoms with Crippen molar-refractivity contribution in [2.75, 3.05) is 13.7 Å². The van der Waals surface area contributed by atoms with Gasteiger partial charge in [0.2, 0.25) is 5.91 Å². The molecular formula is C34H34BFN4O6. The van der Waals surface area contributed by atoms with Crippen LogP contribution in [0.4, 0.5) is 4.39 Å². The number of aryl methyl sites for hydroxylation is 1. The normalized spacial score (nSPS) is 11.7. The average Bonchev–Trinajstić information content (AvgIpc) is 3.05. The highest BCUT2D eigenvalue weighted by molar-refractivity contribution is 6.59.